The van der Waals surface area contributed by atoms with Gasteiger partial charge in [-0.2, -0.15) is 0 Å². The normalized spacial score (nSPS) is 10.7. The molecule has 0 radical (unpaired) electrons. The first-order valence-corrected chi connectivity index (χ1v) is 7.49. The summed E-state index contributed by atoms with van der Waals surface area (Å²) in [5, 5.41) is 9.65. The van der Waals surface area contributed by atoms with Gasteiger partial charge in [-0.3, -0.25) is 10.1 Å². The minimum absolute atomic E-state index is 0.0479. The Morgan fingerprint density at radius 3 is 2.73 bits per heavy atom. The van der Waals surface area contributed by atoms with E-state index in [4.69, 9.17) is 4.42 Å². The van der Waals surface area contributed by atoms with Gasteiger partial charge in [0, 0.05) is 6.07 Å². The topological polar surface area (TPSA) is 68.0 Å². The zero-order valence-corrected chi connectivity index (χ0v) is 13.0. The molecule has 1 aromatic carbocycles. The van der Waals surface area contributed by atoms with Crippen molar-refractivity contribution in [1.82, 2.24) is 10.2 Å². The number of nitrogens with zero attached hydrogens (tertiary/aromatic N) is 2. The molecule has 1 N–H and O–H groups in total. The third-order valence-corrected chi connectivity index (χ3v) is 4.23. The molecule has 0 unspecified atom stereocenters. The van der Waals surface area contributed by atoms with Crippen molar-refractivity contribution in [3.05, 3.63) is 50.6 Å². The van der Waals surface area contributed by atoms with Crippen molar-refractivity contribution in [2.45, 2.75) is 0 Å². The summed E-state index contributed by atoms with van der Waals surface area (Å²) < 4.78 is 32.4. The molecule has 0 fully saturated rings. The van der Waals surface area contributed by atoms with Crippen LogP contribution in [0.3, 0.4) is 0 Å². The van der Waals surface area contributed by atoms with Crippen LogP contribution in [0.1, 0.15) is 9.67 Å². The number of halogens is 3. The quantitative estimate of drug-likeness (QED) is 0.736. The highest BCUT2D eigenvalue weighted by Gasteiger charge is 2.16. The second-order valence-electron chi connectivity index (χ2n) is 4.09. The predicted molar refractivity (Wildman–Crippen MR) is 79.6 cm³/mol. The van der Waals surface area contributed by atoms with Gasteiger partial charge in [0.05, 0.1) is 14.2 Å². The van der Waals surface area contributed by atoms with Crippen LogP contribution in [0.25, 0.3) is 11.5 Å². The number of carbonyl (C=O) groups is 1. The summed E-state index contributed by atoms with van der Waals surface area (Å²) in [6, 6.07) is 6.15. The molecule has 0 spiro atoms. The van der Waals surface area contributed by atoms with Gasteiger partial charge in [0.2, 0.25) is 0 Å². The Labute approximate surface area is 135 Å². The fourth-order valence-electron chi connectivity index (χ4n) is 1.64. The molecule has 2 heterocycles. The number of thiophene rings is 1. The second-order valence-corrected chi connectivity index (χ2v) is 6.56. The van der Waals surface area contributed by atoms with Crippen LogP contribution in [-0.2, 0) is 0 Å². The maximum Gasteiger partial charge on any atom is 0.322 e. The SMILES string of the molecule is O=C(Nc1nnc(-c2ccc(F)cc2F)o1)c1ccc(Br)s1. The fourth-order valence-corrected chi connectivity index (χ4v) is 2.92. The first kappa shape index (κ1) is 14.8. The van der Waals surface area contributed by atoms with Crippen LogP contribution in [-0.4, -0.2) is 16.1 Å². The summed E-state index contributed by atoms with van der Waals surface area (Å²) in [5.41, 5.74) is -0.0479. The van der Waals surface area contributed by atoms with Crippen LogP contribution < -0.4 is 5.32 Å². The van der Waals surface area contributed by atoms with Gasteiger partial charge >= 0.3 is 6.01 Å². The van der Waals surface area contributed by atoms with E-state index < -0.39 is 17.5 Å². The maximum absolute atomic E-state index is 13.6. The van der Waals surface area contributed by atoms with Gasteiger partial charge in [-0.05, 0) is 40.2 Å². The van der Waals surface area contributed by atoms with Crippen LogP contribution in [0.4, 0.5) is 14.8 Å². The fraction of sp³-hybridized carbons (Fsp3) is 0. The third-order valence-electron chi connectivity index (χ3n) is 2.60. The van der Waals surface area contributed by atoms with Crippen molar-refractivity contribution in [1.29, 1.82) is 0 Å². The van der Waals surface area contributed by atoms with Gasteiger partial charge in [-0.1, -0.05) is 5.10 Å². The minimum Gasteiger partial charge on any atom is -0.403 e. The number of rotatable bonds is 3. The van der Waals surface area contributed by atoms with E-state index in [1.165, 1.54) is 17.4 Å². The Balaban J connectivity index is 1.80. The van der Waals surface area contributed by atoms with Crippen molar-refractivity contribution in [2.75, 3.05) is 5.32 Å². The average Bonchev–Trinajstić information content (AvgIpc) is 3.08. The van der Waals surface area contributed by atoms with E-state index in [0.29, 0.717) is 10.9 Å². The smallest absolute Gasteiger partial charge is 0.322 e. The van der Waals surface area contributed by atoms with Gasteiger partial charge in [0.1, 0.15) is 11.6 Å². The molecule has 3 aromatic rings. The van der Waals surface area contributed by atoms with Crippen molar-refractivity contribution in [3.8, 4) is 11.5 Å². The monoisotopic (exact) mass is 385 g/mol. The number of amides is 1. The van der Waals surface area contributed by atoms with Crippen LogP contribution in [0.15, 0.2) is 38.5 Å². The van der Waals surface area contributed by atoms with Crippen molar-refractivity contribution < 1.29 is 18.0 Å². The molecular weight excluding hydrogens is 380 g/mol. The molecule has 5 nitrogen and oxygen atoms in total. The summed E-state index contributed by atoms with van der Waals surface area (Å²) in [6.07, 6.45) is 0. The number of aromatic nitrogens is 2. The van der Waals surface area contributed by atoms with E-state index in [0.717, 1.165) is 9.85 Å². The Morgan fingerprint density at radius 1 is 1.23 bits per heavy atom. The van der Waals surface area contributed by atoms with E-state index in [9.17, 15) is 13.6 Å². The summed E-state index contributed by atoms with van der Waals surface area (Å²) in [4.78, 5) is 12.4. The standard InChI is InChI=1S/C13H6BrF2N3O2S/c14-10-4-3-9(22-10)11(20)17-13-19-18-12(21-13)7-2-1-6(15)5-8(7)16/h1-5H,(H,17,19,20). The van der Waals surface area contributed by atoms with E-state index in [1.54, 1.807) is 12.1 Å². The number of anilines is 1. The summed E-state index contributed by atoms with van der Waals surface area (Å²) in [6.45, 7) is 0. The number of carbonyl (C=O) groups excluding carboxylic acids is 1. The van der Waals surface area contributed by atoms with E-state index in [1.807, 2.05) is 0 Å². The first-order valence-electron chi connectivity index (χ1n) is 5.88. The molecule has 0 aliphatic rings. The number of benzene rings is 1. The lowest BCUT2D eigenvalue weighted by atomic mass is 10.2. The maximum atomic E-state index is 13.6. The molecule has 9 heteroatoms. The predicted octanol–water partition coefficient (Wildman–Crippen LogP) is 4.09. The summed E-state index contributed by atoms with van der Waals surface area (Å²) in [5.74, 6) is -2.12. The minimum atomic E-state index is -0.830. The van der Waals surface area contributed by atoms with E-state index >= 15 is 0 Å². The van der Waals surface area contributed by atoms with E-state index in [-0.39, 0.29) is 17.5 Å². The molecule has 0 aliphatic heterocycles. The Morgan fingerprint density at radius 2 is 2.05 bits per heavy atom. The van der Waals surface area contributed by atoms with Crippen molar-refractivity contribution in [3.63, 3.8) is 0 Å². The van der Waals surface area contributed by atoms with Crippen LogP contribution in [0.2, 0.25) is 0 Å². The van der Waals surface area contributed by atoms with Crippen LogP contribution in [0, 0.1) is 11.6 Å². The largest absolute Gasteiger partial charge is 0.403 e. The lowest BCUT2D eigenvalue weighted by Gasteiger charge is -1.98. The molecule has 22 heavy (non-hydrogen) atoms. The Kier molecular flexibility index (Phi) is 3.99. The molecule has 1 amide bonds. The van der Waals surface area contributed by atoms with E-state index in [2.05, 4.69) is 31.4 Å². The Bertz CT molecular complexity index is 849. The molecule has 0 saturated heterocycles. The van der Waals surface area contributed by atoms with Gasteiger partial charge in [-0.15, -0.1) is 16.4 Å². The molecule has 2 aromatic heterocycles. The highest BCUT2D eigenvalue weighted by molar-refractivity contribution is 9.11. The number of hydrogen-bond acceptors (Lipinski definition) is 5. The molecule has 0 bridgehead atoms. The van der Waals surface area contributed by atoms with Crippen molar-refractivity contribution in [2.24, 2.45) is 0 Å². The van der Waals surface area contributed by atoms with Gasteiger partial charge in [-0.25, -0.2) is 8.78 Å². The van der Waals surface area contributed by atoms with Crippen molar-refractivity contribution >= 4 is 39.2 Å². The molecule has 0 aliphatic carbocycles. The molecule has 0 saturated carbocycles. The molecule has 3 rings (SSSR count). The third kappa shape index (κ3) is 3.04. The second kappa shape index (κ2) is 5.93. The number of hydrogen-bond donors (Lipinski definition) is 1. The van der Waals surface area contributed by atoms with Gasteiger partial charge in [0.15, 0.2) is 0 Å². The highest BCUT2D eigenvalue weighted by Crippen LogP contribution is 2.25. The van der Waals surface area contributed by atoms with Gasteiger partial charge < -0.3 is 4.42 Å². The molecule has 112 valence electrons. The van der Waals surface area contributed by atoms with Gasteiger partial charge in [0.25, 0.3) is 11.8 Å². The zero-order chi connectivity index (χ0) is 15.7. The number of nitrogens with one attached hydrogen (secondary N) is 1. The van der Waals surface area contributed by atoms with Crippen LogP contribution in [0.5, 0.6) is 0 Å². The Hall–Kier alpha value is -2.13. The summed E-state index contributed by atoms with van der Waals surface area (Å²) in [7, 11) is 0. The molecule has 0 atom stereocenters. The average molecular weight is 386 g/mol. The lowest BCUT2D eigenvalue weighted by molar-refractivity contribution is 0.102. The zero-order valence-electron chi connectivity index (χ0n) is 10.6. The molecular formula is C13H6BrF2N3O2S. The van der Waals surface area contributed by atoms with Crippen LogP contribution >= 0.6 is 27.3 Å². The summed E-state index contributed by atoms with van der Waals surface area (Å²) >= 11 is 4.48. The first-order chi connectivity index (χ1) is 10.5. The highest BCUT2D eigenvalue weighted by atomic mass is 79.9. The lowest BCUT2D eigenvalue weighted by Crippen LogP contribution is -2.10.